The molecule has 401 valence electrons. The van der Waals surface area contributed by atoms with Gasteiger partial charge >= 0.3 is 0 Å². The Bertz CT molecular complexity index is 3660. The maximum Gasteiger partial charge on any atom is 0.155 e. The van der Waals surface area contributed by atoms with Gasteiger partial charge in [-0.05, 0) is 98.6 Å². The lowest BCUT2D eigenvalue weighted by Gasteiger charge is -2.40. The van der Waals surface area contributed by atoms with E-state index in [1.54, 1.807) is 27.7 Å². The highest BCUT2D eigenvalue weighted by molar-refractivity contribution is 5.72. The second-order valence-corrected chi connectivity index (χ2v) is 20.0. The molecule has 2 aromatic heterocycles. The number of nitrogens with one attached hydrogen (secondary N) is 1. The van der Waals surface area contributed by atoms with Gasteiger partial charge in [-0.1, -0.05) is 218 Å². The van der Waals surface area contributed by atoms with Gasteiger partial charge in [-0.2, -0.15) is 5.10 Å². The lowest BCUT2D eigenvalue weighted by Crippen LogP contribution is -2.40. The molecule has 0 spiro atoms. The molecule has 11 aromatic rings. The van der Waals surface area contributed by atoms with Crippen molar-refractivity contribution in [2.45, 2.75) is 35.4 Å². The molecule has 10 nitrogen and oxygen atoms in total. The van der Waals surface area contributed by atoms with E-state index in [9.17, 15) is 0 Å². The lowest BCUT2D eigenvalue weighted by molar-refractivity contribution is -0.0770. The average Bonchev–Trinajstić information content (AvgIpc) is 4.19. The zero-order chi connectivity index (χ0) is 55.1. The number of benzene rings is 9. The molecule has 1 fully saturated rings. The fourth-order valence-electron chi connectivity index (χ4n) is 11.6. The van der Waals surface area contributed by atoms with Crippen LogP contribution >= 0.6 is 0 Å². The van der Waals surface area contributed by atoms with Crippen LogP contribution in [-0.2, 0) is 31.0 Å². The summed E-state index contributed by atoms with van der Waals surface area (Å²) in [6.07, 6.45) is 1.42. The summed E-state index contributed by atoms with van der Waals surface area (Å²) >= 11 is 0. The van der Waals surface area contributed by atoms with Crippen molar-refractivity contribution in [1.82, 2.24) is 14.6 Å². The van der Waals surface area contributed by atoms with Crippen LogP contribution < -0.4 is 19.5 Å². The highest BCUT2D eigenvalue weighted by Gasteiger charge is 2.49. The number of fused-ring (bicyclic) bond motifs is 1. The van der Waals surface area contributed by atoms with Gasteiger partial charge in [0.2, 0.25) is 0 Å². The van der Waals surface area contributed by atoms with E-state index in [0.29, 0.717) is 18.3 Å². The molecule has 81 heavy (non-hydrogen) atoms. The lowest BCUT2D eigenvalue weighted by atomic mass is 9.77. The Kier molecular flexibility index (Phi) is 15.0. The normalized spacial score (nSPS) is 14.9. The molecule has 10 heteroatoms. The summed E-state index contributed by atoms with van der Waals surface area (Å²) in [5.74, 6) is 2.86. The number of anilines is 1. The molecule has 0 aliphatic carbocycles. The third-order valence-electron chi connectivity index (χ3n) is 15.6. The van der Waals surface area contributed by atoms with E-state index in [2.05, 4.69) is 175 Å². The number of nitrogens with zero attached hydrogens (tertiary/aromatic N) is 3. The molecule has 0 amide bonds. The SMILES string of the molecule is COc1ccc(C(Nc2ncnn3c([C@H]4C[C@H](OC(c5ccccc5)(c5ccccc5)c5ccc(OC)cc5)[C](COC(c5ccccc5)(c5ccccc5)c5ccc(OC)cc5)O4)ccc23)(c2ccccc2)c2ccccc2)cc1. The van der Waals surface area contributed by atoms with Crippen LogP contribution in [0.4, 0.5) is 5.82 Å². The molecule has 1 saturated heterocycles. The maximum absolute atomic E-state index is 7.99. The Morgan fingerprint density at radius 2 is 0.815 bits per heavy atom. The highest BCUT2D eigenvalue weighted by atomic mass is 16.6. The quantitative estimate of drug-likeness (QED) is 0.0749. The first kappa shape index (κ1) is 52.4. The monoisotopic (exact) mass is 1070 g/mol. The van der Waals surface area contributed by atoms with Gasteiger partial charge in [-0.15, -0.1) is 0 Å². The summed E-state index contributed by atoms with van der Waals surface area (Å²) in [6, 6.07) is 91.0. The zero-order valence-corrected chi connectivity index (χ0v) is 45.3. The Labute approximate surface area is 473 Å². The predicted octanol–water partition coefficient (Wildman–Crippen LogP) is 14.5. The molecule has 0 saturated carbocycles. The van der Waals surface area contributed by atoms with Crippen LogP contribution in [0.15, 0.2) is 273 Å². The van der Waals surface area contributed by atoms with E-state index in [0.717, 1.165) is 78.5 Å². The van der Waals surface area contributed by atoms with Crippen molar-refractivity contribution >= 4 is 11.3 Å². The molecule has 0 bridgehead atoms. The topological polar surface area (TPSA) is 97.6 Å². The molecule has 1 aliphatic heterocycles. The molecule has 1 radical (unpaired) electrons. The Morgan fingerprint density at radius 3 is 1.25 bits per heavy atom. The predicted molar refractivity (Wildman–Crippen MR) is 316 cm³/mol. The summed E-state index contributed by atoms with van der Waals surface area (Å²) in [5.41, 5.74) is 7.08. The van der Waals surface area contributed by atoms with Crippen molar-refractivity contribution in [2.75, 3.05) is 33.3 Å². The fourth-order valence-corrected chi connectivity index (χ4v) is 11.6. The summed E-state index contributed by atoms with van der Waals surface area (Å²) < 4.78 is 42.1. The van der Waals surface area contributed by atoms with E-state index in [1.165, 1.54) is 0 Å². The van der Waals surface area contributed by atoms with Crippen LogP contribution in [0.25, 0.3) is 5.52 Å². The Hall–Kier alpha value is -9.32. The van der Waals surface area contributed by atoms with Crippen molar-refractivity contribution in [3.05, 3.63) is 335 Å². The molecule has 0 unspecified atom stereocenters. The van der Waals surface area contributed by atoms with Crippen LogP contribution in [0.5, 0.6) is 17.2 Å². The van der Waals surface area contributed by atoms with Gasteiger partial charge in [0.25, 0.3) is 0 Å². The third-order valence-corrected chi connectivity index (χ3v) is 15.6. The first-order valence-corrected chi connectivity index (χ1v) is 27.2. The largest absolute Gasteiger partial charge is 0.497 e. The highest BCUT2D eigenvalue weighted by Crippen LogP contribution is 2.50. The van der Waals surface area contributed by atoms with Crippen LogP contribution in [0.1, 0.15) is 68.3 Å². The van der Waals surface area contributed by atoms with Gasteiger partial charge in [0.05, 0.1) is 39.7 Å². The average molecular weight is 1070 g/mol. The Balaban J connectivity index is 1.00. The van der Waals surface area contributed by atoms with Crippen molar-refractivity contribution in [3.8, 4) is 17.2 Å². The van der Waals surface area contributed by atoms with Gasteiger partial charge in [0.15, 0.2) is 11.9 Å². The van der Waals surface area contributed by atoms with Gasteiger partial charge in [-0.25, -0.2) is 9.50 Å². The molecular weight excluding hydrogens is 1000 g/mol. The molecule has 1 aliphatic rings. The van der Waals surface area contributed by atoms with E-state index in [1.807, 2.05) is 102 Å². The molecule has 2 atom stereocenters. The number of rotatable bonds is 20. The molecular formula is C71H61N4O6. The molecule has 12 rings (SSSR count). The summed E-state index contributed by atoms with van der Waals surface area (Å²) in [4.78, 5) is 5.01. The van der Waals surface area contributed by atoms with E-state index in [-0.39, 0.29) is 6.61 Å². The van der Waals surface area contributed by atoms with E-state index < -0.39 is 28.9 Å². The zero-order valence-electron chi connectivity index (χ0n) is 45.3. The second-order valence-electron chi connectivity index (χ2n) is 20.0. The number of ether oxygens (including phenoxy) is 6. The van der Waals surface area contributed by atoms with Gasteiger partial charge in [0, 0.05) is 6.42 Å². The minimum absolute atomic E-state index is 0.0445. The Morgan fingerprint density at radius 1 is 0.444 bits per heavy atom. The minimum Gasteiger partial charge on any atom is -0.497 e. The molecule has 1 N–H and O–H groups in total. The number of hydrogen-bond acceptors (Lipinski definition) is 9. The van der Waals surface area contributed by atoms with Crippen LogP contribution in [0.2, 0.25) is 0 Å². The van der Waals surface area contributed by atoms with Crippen molar-refractivity contribution in [3.63, 3.8) is 0 Å². The van der Waals surface area contributed by atoms with Gasteiger partial charge < -0.3 is 33.7 Å². The van der Waals surface area contributed by atoms with Crippen molar-refractivity contribution < 1.29 is 28.4 Å². The van der Waals surface area contributed by atoms with Gasteiger partial charge in [0.1, 0.15) is 51.9 Å². The van der Waals surface area contributed by atoms with Crippen molar-refractivity contribution in [2.24, 2.45) is 0 Å². The third kappa shape index (κ3) is 9.88. The number of hydrogen-bond donors (Lipinski definition) is 1. The van der Waals surface area contributed by atoms with Crippen LogP contribution in [-0.4, -0.2) is 48.6 Å². The minimum atomic E-state index is -1.14. The number of methoxy groups -OCH3 is 3. The number of aromatic nitrogens is 3. The molecule has 3 heterocycles. The summed E-state index contributed by atoms with van der Waals surface area (Å²) in [6.45, 7) is 0.0445. The summed E-state index contributed by atoms with van der Waals surface area (Å²) in [5, 5.41) is 8.99. The molecule has 9 aromatic carbocycles. The van der Waals surface area contributed by atoms with Crippen LogP contribution in [0, 0.1) is 6.10 Å². The first-order valence-electron chi connectivity index (χ1n) is 27.2. The first-order chi connectivity index (χ1) is 40.0. The smallest absolute Gasteiger partial charge is 0.155 e. The van der Waals surface area contributed by atoms with Crippen LogP contribution in [0.3, 0.4) is 0 Å². The van der Waals surface area contributed by atoms with E-state index >= 15 is 0 Å². The second kappa shape index (κ2) is 23.2. The maximum atomic E-state index is 7.99. The fraction of sp³-hybridized carbons (Fsp3) is 0.141. The van der Waals surface area contributed by atoms with Crippen molar-refractivity contribution in [1.29, 1.82) is 0 Å². The summed E-state index contributed by atoms with van der Waals surface area (Å²) in [7, 11) is 5.04. The van der Waals surface area contributed by atoms with E-state index in [4.69, 9.17) is 38.5 Å². The van der Waals surface area contributed by atoms with Gasteiger partial charge in [-0.3, -0.25) is 0 Å². The standard InChI is InChI=1S/C71H61N4O6/c1-76-60-40-34-53(35-41-60)69(51-22-10-4-11-23-51,52-24-12-5-13-25-52)74-68-64-47-46-63(75(64)73-50-72-68)65-48-66(81-71(56-30-18-8-19-31-56,57-32-20-9-21-33-57)59-38-44-62(78-3)45-39-59)67(80-65)49-79-70(54-26-14-6-15-27-54,55-28-16-7-17-29-55)58-36-42-61(77-2)43-37-58/h4-47,50,65-66H,48-49H2,1-3H3,(H,72,73,74)/t65-,66+/m1/s1.